The molecule has 0 radical (unpaired) electrons. The van der Waals surface area contributed by atoms with Crippen molar-refractivity contribution in [2.24, 2.45) is 3.15 Å². The van der Waals surface area contributed by atoms with Gasteiger partial charge in [0, 0.05) is 23.1 Å². The van der Waals surface area contributed by atoms with Crippen molar-refractivity contribution in [3.63, 3.8) is 0 Å². The summed E-state index contributed by atoms with van der Waals surface area (Å²) in [5, 5.41) is 14.8. The third kappa shape index (κ3) is 6.27. The number of nitrogens with one attached hydrogen (secondary N) is 2. The molecule has 3 N–H and O–H groups in total. The minimum atomic E-state index is -0.273. The number of aromatic nitrogens is 2. The van der Waals surface area contributed by atoms with Crippen molar-refractivity contribution in [3.8, 4) is 17.0 Å². The maximum Gasteiger partial charge on any atom is 0.258 e. The molecule has 0 spiro atoms. The molecule has 0 fully saturated rings. The van der Waals surface area contributed by atoms with E-state index in [1.54, 1.807) is 0 Å². The van der Waals surface area contributed by atoms with E-state index in [-0.39, 0.29) is 51.4 Å². The second-order valence-electron chi connectivity index (χ2n) is 7.40. The van der Waals surface area contributed by atoms with Gasteiger partial charge in [-0.15, -0.1) is 0 Å². The molecular weight excluding hydrogens is 553 g/mol. The first-order valence-corrected chi connectivity index (χ1v) is 14.7. The van der Waals surface area contributed by atoms with Crippen LogP contribution in [0.2, 0.25) is 0 Å². The number of hydrogen-bond donors (Lipinski definition) is 3. The van der Waals surface area contributed by atoms with E-state index in [0.29, 0.717) is 11.6 Å². The van der Waals surface area contributed by atoms with Crippen molar-refractivity contribution < 1.29 is 14.6 Å². The number of carbonyl (C=O) groups is 1. The fourth-order valence-corrected chi connectivity index (χ4v) is 7.02. The molecule has 1 atom stereocenters. The van der Waals surface area contributed by atoms with Crippen LogP contribution in [0.25, 0.3) is 11.3 Å². The molecule has 2 heterocycles. The van der Waals surface area contributed by atoms with Gasteiger partial charge in [0.2, 0.25) is 0 Å². The largest absolute Gasteiger partial charge is 0.484 e. The summed E-state index contributed by atoms with van der Waals surface area (Å²) >= 11 is -0.180. The van der Waals surface area contributed by atoms with Gasteiger partial charge in [-0.25, -0.2) is 13.1 Å². The molecule has 0 aliphatic carbocycles. The Bertz CT molecular complexity index is 1190. The second kappa shape index (κ2) is 11.0. The Morgan fingerprint density at radius 1 is 1.21 bits per heavy atom. The first kappa shape index (κ1) is 23.6. The highest BCUT2D eigenvalue weighted by Crippen LogP contribution is 2.48. The molecule has 1 aliphatic rings. The molecule has 33 heavy (non-hydrogen) atoms. The van der Waals surface area contributed by atoms with E-state index in [1.165, 1.54) is 4.90 Å². The van der Waals surface area contributed by atoms with Crippen LogP contribution in [-0.4, -0.2) is 40.7 Å². The lowest BCUT2D eigenvalue weighted by Gasteiger charge is -2.17. The zero-order valence-electron chi connectivity index (χ0n) is 18.2. The number of carbonyl (C=O) groups excluding carboxylic acids is 1. The van der Waals surface area contributed by atoms with Crippen molar-refractivity contribution in [2.75, 3.05) is 25.1 Å². The molecule has 3 aromatic rings. The van der Waals surface area contributed by atoms with E-state index >= 15 is 0 Å². The molecule has 2 aromatic carbocycles. The van der Waals surface area contributed by atoms with Crippen LogP contribution in [0.5, 0.6) is 5.75 Å². The van der Waals surface area contributed by atoms with Crippen LogP contribution in [-0.2, 0) is 4.79 Å². The summed E-state index contributed by atoms with van der Waals surface area (Å²) in [4.78, 5) is 22.1. The molecule has 10 heteroatoms. The summed E-state index contributed by atoms with van der Waals surface area (Å²) in [6.07, 6.45) is 0. The first-order chi connectivity index (χ1) is 16.0. The quantitative estimate of drug-likeness (QED) is 0.310. The molecular formula is C23H24IN5O3S. The van der Waals surface area contributed by atoms with E-state index in [0.717, 1.165) is 28.3 Å². The number of amides is 1. The van der Waals surface area contributed by atoms with Gasteiger partial charge in [-0.1, -0.05) is 18.2 Å². The van der Waals surface area contributed by atoms with Crippen LogP contribution in [0.3, 0.4) is 0 Å². The highest BCUT2D eigenvalue weighted by molar-refractivity contribution is 14.2. The van der Waals surface area contributed by atoms with Crippen LogP contribution in [0.4, 0.5) is 11.5 Å². The fourth-order valence-electron chi connectivity index (χ4n) is 3.26. The third-order valence-electron chi connectivity index (χ3n) is 4.86. The number of fused-ring (bicyclic) bond motifs is 1. The number of aliphatic hydroxyl groups excluding tert-OH is 1. The van der Waals surface area contributed by atoms with Gasteiger partial charge in [0.05, 0.1) is 43.7 Å². The Balaban J connectivity index is 1.45. The summed E-state index contributed by atoms with van der Waals surface area (Å²) in [6.45, 7) is 3.94. The Kier molecular flexibility index (Phi) is 7.89. The van der Waals surface area contributed by atoms with Gasteiger partial charge < -0.3 is 20.5 Å². The lowest BCUT2D eigenvalue weighted by atomic mass is 10.1. The molecule has 0 bridgehead atoms. The molecule has 1 aromatic heterocycles. The minimum absolute atomic E-state index is 0.0435. The standard InChI is InChI=1S/C23H24IN5O3S/c1-14(16-4-3-5-18(10-16)32-13-23(31)25-8-9-30)26-22-12-20(27-15(2)28-22)17-6-7-19-21(11-17)33-24-29-19/h3-7,10-12,14,30H,8-9,13H2,1-2H3,(H,25,31)(H,26,27,28). The van der Waals surface area contributed by atoms with Crippen LogP contribution in [0.15, 0.2) is 56.6 Å². The molecule has 4 rings (SSSR count). The monoisotopic (exact) mass is 577 g/mol. The number of halogens is 1. The van der Waals surface area contributed by atoms with Crippen molar-refractivity contribution in [2.45, 2.75) is 24.8 Å². The number of ether oxygens (including phenoxy) is 1. The smallest absolute Gasteiger partial charge is 0.258 e. The van der Waals surface area contributed by atoms with Crippen molar-refractivity contribution in [3.05, 3.63) is 59.9 Å². The minimum Gasteiger partial charge on any atom is -0.484 e. The topological polar surface area (TPSA) is 109 Å². The number of nitrogens with zero attached hydrogens (tertiary/aromatic N) is 3. The maximum atomic E-state index is 11.7. The summed E-state index contributed by atoms with van der Waals surface area (Å²) in [5.41, 5.74) is 4.01. The van der Waals surface area contributed by atoms with Gasteiger partial charge in [-0.05, 0) is 52.6 Å². The summed E-state index contributed by atoms with van der Waals surface area (Å²) in [7, 11) is 1.84. The number of hydrogen-bond acceptors (Lipinski definition) is 8. The number of benzene rings is 2. The normalized spacial score (nSPS) is 13.1. The van der Waals surface area contributed by atoms with Gasteiger partial charge in [0.1, 0.15) is 17.4 Å². The Hall–Kier alpha value is -2.57. The summed E-state index contributed by atoms with van der Waals surface area (Å²) < 4.78 is 10.2. The first-order valence-electron chi connectivity index (χ1n) is 10.4. The maximum absolute atomic E-state index is 11.7. The third-order valence-corrected chi connectivity index (χ3v) is 8.62. The van der Waals surface area contributed by atoms with Crippen molar-refractivity contribution in [1.82, 2.24) is 15.3 Å². The summed E-state index contributed by atoms with van der Waals surface area (Å²) in [6, 6.07) is 15.8. The average Bonchev–Trinajstić information content (AvgIpc) is 3.29. The lowest BCUT2D eigenvalue weighted by molar-refractivity contribution is -0.123. The van der Waals surface area contributed by atoms with Gasteiger partial charge >= 0.3 is 0 Å². The highest BCUT2D eigenvalue weighted by atomic mass is 127. The van der Waals surface area contributed by atoms with Crippen molar-refractivity contribution in [1.29, 1.82) is 0 Å². The van der Waals surface area contributed by atoms with E-state index in [1.807, 2.05) is 53.1 Å². The molecule has 1 aliphatic heterocycles. The Morgan fingerprint density at radius 2 is 2.09 bits per heavy atom. The second-order valence-corrected chi connectivity index (χ2v) is 11.1. The van der Waals surface area contributed by atoms with E-state index in [4.69, 9.17) is 9.84 Å². The molecule has 0 saturated heterocycles. The van der Waals surface area contributed by atoms with Crippen LogP contribution >= 0.6 is 28.6 Å². The fraction of sp³-hybridized carbons (Fsp3) is 0.261. The molecule has 8 nitrogen and oxygen atoms in total. The van der Waals surface area contributed by atoms with E-state index in [9.17, 15) is 4.79 Å². The predicted molar refractivity (Wildman–Crippen MR) is 138 cm³/mol. The number of rotatable bonds is 9. The SMILES string of the molecule is Cc1nc(NC(C)c2cccc(OCC(=O)NCCO)c2)cc(-c2ccc3c(c2)SI=N3)n1. The zero-order chi connectivity index (χ0) is 23.2. The lowest BCUT2D eigenvalue weighted by Crippen LogP contribution is -2.31. The molecule has 172 valence electrons. The zero-order valence-corrected chi connectivity index (χ0v) is 21.2. The van der Waals surface area contributed by atoms with Gasteiger partial charge in [-0.2, -0.15) is 0 Å². The Labute approximate surface area is 205 Å². The van der Waals surface area contributed by atoms with E-state index < -0.39 is 0 Å². The van der Waals surface area contributed by atoms with Crippen LogP contribution in [0.1, 0.15) is 24.4 Å². The predicted octanol–water partition coefficient (Wildman–Crippen LogP) is 4.92. The van der Waals surface area contributed by atoms with Crippen LogP contribution < -0.4 is 15.4 Å². The Morgan fingerprint density at radius 3 is 2.94 bits per heavy atom. The molecule has 1 unspecified atom stereocenters. The van der Waals surface area contributed by atoms with Crippen molar-refractivity contribution >= 4 is 46.0 Å². The molecule has 0 saturated carbocycles. The highest BCUT2D eigenvalue weighted by Gasteiger charge is 2.13. The van der Waals surface area contributed by atoms with Gasteiger partial charge in [0.25, 0.3) is 5.91 Å². The average molecular weight is 577 g/mol. The number of anilines is 1. The van der Waals surface area contributed by atoms with E-state index in [2.05, 4.69) is 41.9 Å². The number of aryl methyl sites for hydroxylation is 1. The number of aliphatic hydroxyl groups is 1. The molecule has 1 amide bonds. The summed E-state index contributed by atoms with van der Waals surface area (Å²) in [5.74, 6) is 1.76. The van der Waals surface area contributed by atoms with Crippen LogP contribution in [0, 0.1) is 6.92 Å². The van der Waals surface area contributed by atoms with Gasteiger partial charge in [-0.3, -0.25) is 4.79 Å². The van der Waals surface area contributed by atoms with Gasteiger partial charge in [0.15, 0.2) is 6.61 Å².